The molecule has 25 heavy (non-hydrogen) atoms. The van der Waals surface area contributed by atoms with E-state index in [0.29, 0.717) is 17.7 Å². The van der Waals surface area contributed by atoms with Gasteiger partial charge in [-0.2, -0.15) is 0 Å². The topological polar surface area (TPSA) is 57.8 Å². The summed E-state index contributed by atoms with van der Waals surface area (Å²) < 4.78 is 0. The molecule has 1 aliphatic carbocycles. The molecule has 1 amide bonds. The summed E-state index contributed by atoms with van der Waals surface area (Å²) in [6, 6.07) is 10.7. The molecule has 1 aliphatic rings. The lowest BCUT2D eigenvalue weighted by Crippen LogP contribution is -2.41. The van der Waals surface area contributed by atoms with Gasteiger partial charge in [-0.05, 0) is 31.2 Å². The van der Waals surface area contributed by atoms with Gasteiger partial charge in [0.15, 0.2) is 5.16 Å². The summed E-state index contributed by atoms with van der Waals surface area (Å²) in [5.74, 6) is 1.12. The molecular formula is C20H27N3OS. The number of rotatable bonds is 6. The molecule has 1 aromatic carbocycles. The van der Waals surface area contributed by atoms with E-state index in [1.807, 2.05) is 25.1 Å². The molecule has 4 nitrogen and oxygen atoms in total. The number of nitrogens with zero attached hydrogens (tertiary/aromatic N) is 1. The number of aromatic nitrogens is 2. The van der Waals surface area contributed by atoms with Gasteiger partial charge in [-0.15, -0.1) is 0 Å². The van der Waals surface area contributed by atoms with E-state index < -0.39 is 0 Å². The first-order chi connectivity index (χ1) is 12.1. The van der Waals surface area contributed by atoms with Gasteiger partial charge in [0.05, 0.1) is 11.4 Å². The molecule has 0 unspecified atom stereocenters. The zero-order valence-electron chi connectivity index (χ0n) is 15.0. The van der Waals surface area contributed by atoms with Crippen molar-refractivity contribution in [1.82, 2.24) is 15.3 Å². The van der Waals surface area contributed by atoms with Crippen molar-refractivity contribution in [3.8, 4) is 0 Å². The van der Waals surface area contributed by atoms with Crippen LogP contribution in [0.3, 0.4) is 0 Å². The molecule has 1 heterocycles. The second-order valence-electron chi connectivity index (χ2n) is 7.00. The summed E-state index contributed by atoms with van der Waals surface area (Å²) in [4.78, 5) is 20.2. The van der Waals surface area contributed by atoms with Crippen LogP contribution in [0.1, 0.15) is 49.6 Å². The Hall–Kier alpha value is -1.75. The predicted octanol–water partition coefficient (Wildman–Crippen LogP) is 4.10. The molecule has 2 aromatic rings. The highest BCUT2D eigenvalue weighted by molar-refractivity contribution is 7.99. The number of nitrogens with one attached hydrogen (secondary N) is 2. The van der Waals surface area contributed by atoms with Crippen LogP contribution in [0.2, 0.25) is 0 Å². The van der Waals surface area contributed by atoms with Crippen molar-refractivity contribution in [3.63, 3.8) is 0 Å². The summed E-state index contributed by atoms with van der Waals surface area (Å²) in [5, 5.41) is 4.03. The maximum Gasteiger partial charge on any atom is 0.230 e. The standard InChI is InChI=1S/C20H27N3OS/c1-14-8-6-7-11-17(14)22-19(24)13-25-20-21-15(2)18(23-20)12-16-9-4-3-5-10-16/h3-5,9-10,14,17H,6-8,11-13H2,1-2H3,(H,21,23)(H,22,24)/t14-,17-/m0/s1. The van der Waals surface area contributed by atoms with Crippen molar-refractivity contribution in [2.75, 3.05) is 5.75 Å². The van der Waals surface area contributed by atoms with Crippen molar-refractivity contribution in [3.05, 3.63) is 47.3 Å². The van der Waals surface area contributed by atoms with E-state index in [4.69, 9.17) is 0 Å². The van der Waals surface area contributed by atoms with Gasteiger partial charge >= 0.3 is 0 Å². The number of hydrogen-bond donors (Lipinski definition) is 2. The lowest BCUT2D eigenvalue weighted by atomic mass is 9.86. The van der Waals surface area contributed by atoms with Crippen LogP contribution in [-0.2, 0) is 11.2 Å². The molecule has 1 fully saturated rings. The van der Waals surface area contributed by atoms with E-state index in [1.165, 1.54) is 36.6 Å². The smallest absolute Gasteiger partial charge is 0.230 e. The molecule has 0 saturated heterocycles. The second kappa shape index (κ2) is 8.56. The molecule has 1 aromatic heterocycles. The molecule has 5 heteroatoms. The number of thioether (sulfide) groups is 1. The highest BCUT2D eigenvalue weighted by Crippen LogP contribution is 2.24. The van der Waals surface area contributed by atoms with Gasteiger partial charge in [-0.1, -0.05) is 61.9 Å². The Morgan fingerprint density at radius 3 is 2.80 bits per heavy atom. The number of amides is 1. The van der Waals surface area contributed by atoms with Gasteiger partial charge in [0, 0.05) is 18.2 Å². The predicted molar refractivity (Wildman–Crippen MR) is 103 cm³/mol. The Bertz CT molecular complexity index is 698. The Balaban J connectivity index is 1.51. The number of aromatic amines is 1. The minimum atomic E-state index is 0.113. The van der Waals surface area contributed by atoms with Crippen molar-refractivity contribution >= 4 is 17.7 Å². The first-order valence-corrected chi connectivity index (χ1v) is 10.1. The lowest BCUT2D eigenvalue weighted by Gasteiger charge is -2.29. The number of carbonyl (C=O) groups is 1. The summed E-state index contributed by atoms with van der Waals surface area (Å²) in [5.41, 5.74) is 3.38. The maximum atomic E-state index is 12.2. The summed E-state index contributed by atoms with van der Waals surface area (Å²) in [6.45, 7) is 4.28. The van der Waals surface area contributed by atoms with Gasteiger partial charge in [0.1, 0.15) is 0 Å². The van der Waals surface area contributed by atoms with Crippen LogP contribution in [0.4, 0.5) is 0 Å². The summed E-state index contributed by atoms with van der Waals surface area (Å²) >= 11 is 1.49. The largest absolute Gasteiger partial charge is 0.352 e. The molecule has 0 spiro atoms. The van der Waals surface area contributed by atoms with Crippen LogP contribution < -0.4 is 5.32 Å². The monoisotopic (exact) mass is 357 g/mol. The fourth-order valence-corrected chi connectivity index (χ4v) is 4.16. The highest BCUT2D eigenvalue weighted by atomic mass is 32.2. The number of carbonyl (C=O) groups excluding carboxylic acids is 1. The molecule has 2 N–H and O–H groups in total. The number of benzene rings is 1. The average molecular weight is 358 g/mol. The highest BCUT2D eigenvalue weighted by Gasteiger charge is 2.22. The van der Waals surface area contributed by atoms with E-state index in [1.54, 1.807) is 0 Å². The van der Waals surface area contributed by atoms with E-state index in [2.05, 4.69) is 34.3 Å². The van der Waals surface area contributed by atoms with Crippen LogP contribution >= 0.6 is 11.8 Å². The zero-order chi connectivity index (χ0) is 17.6. The van der Waals surface area contributed by atoms with Crippen molar-refractivity contribution in [1.29, 1.82) is 0 Å². The molecular weight excluding hydrogens is 330 g/mol. The van der Waals surface area contributed by atoms with Gasteiger partial charge in [-0.25, -0.2) is 4.98 Å². The van der Waals surface area contributed by atoms with Crippen LogP contribution in [0.5, 0.6) is 0 Å². The quantitative estimate of drug-likeness (QED) is 0.766. The summed E-state index contributed by atoms with van der Waals surface area (Å²) in [7, 11) is 0. The maximum absolute atomic E-state index is 12.2. The van der Waals surface area contributed by atoms with Crippen LogP contribution in [0, 0.1) is 12.8 Å². The molecule has 3 rings (SSSR count). The van der Waals surface area contributed by atoms with E-state index >= 15 is 0 Å². The van der Waals surface area contributed by atoms with Gasteiger partial charge in [0.25, 0.3) is 0 Å². The lowest BCUT2D eigenvalue weighted by molar-refractivity contribution is -0.119. The molecule has 1 saturated carbocycles. The van der Waals surface area contributed by atoms with Crippen molar-refractivity contribution in [2.45, 2.75) is 57.1 Å². The molecule has 134 valence electrons. The molecule has 0 bridgehead atoms. The van der Waals surface area contributed by atoms with Gasteiger partial charge < -0.3 is 10.3 Å². The van der Waals surface area contributed by atoms with Crippen molar-refractivity contribution in [2.24, 2.45) is 5.92 Å². The fourth-order valence-electron chi connectivity index (χ4n) is 3.41. The SMILES string of the molecule is Cc1[nH]c(SCC(=O)N[C@H]2CCCC[C@@H]2C)nc1Cc1ccccc1. The first-order valence-electron chi connectivity index (χ1n) is 9.13. The number of H-pyrrole nitrogens is 1. The van der Waals surface area contributed by atoms with Crippen molar-refractivity contribution < 1.29 is 4.79 Å². The van der Waals surface area contributed by atoms with Gasteiger partial charge in [0.2, 0.25) is 5.91 Å². The average Bonchev–Trinajstić information content (AvgIpc) is 2.96. The Morgan fingerprint density at radius 1 is 1.28 bits per heavy atom. The van der Waals surface area contributed by atoms with E-state index in [0.717, 1.165) is 29.4 Å². The minimum absolute atomic E-state index is 0.113. The number of hydrogen-bond acceptors (Lipinski definition) is 3. The normalized spacial score (nSPS) is 20.4. The van der Waals surface area contributed by atoms with Crippen LogP contribution in [0.25, 0.3) is 0 Å². The minimum Gasteiger partial charge on any atom is -0.352 e. The van der Waals surface area contributed by atoms with Crippen LogP contribution in [-0.4, -0.2) is 27.7 Å². The molecule has 0 aliphatic heterocycles. The third kappa shape index (κ3) is 5.11. The van der Waals surface area contributed by atoms with Gasteiger partial charge in [-0.3, -0.25) is 4.79 Å². The third-order valence-corrected chi connectivity index (χ3v) is 5.85. The number of aryl methyl sites for hydroxylation is 1. The van der Waals surface area contributed by atoms with Crippen LogP contribution in [0.15, 0.2) is 35.5 Å². The Kier molecular flexibility index (Phi) is 6.19. The Labute approximate surface area is 154 Å². The first kappa shape index (κ1) is 18.1. The van der Waals surface area contributed by atoms with E-state index in [9.17, 15) is 4.79 Å². The number of imidazole rings is 1. The Morgan fingerprint density at radius 2 is 2.04 bits per heavy atom. The third-order valence-electron chi connectivity index (χ3n) is 4.98. The zero-order valence-corrected chi connectivity index (χ0v) is 15.9. The second-order valence-corrected chi connectivity index (χ2v) is 7.96. The molecule has 0 radical (unpaired) electrons. The van der Waals surface area contributed by atoms with E-state index in [-0.39, 0.29) is 5.91 Å². The fraction of sp³-hybridized carbons (Fsp3) is 0.500. The summed E-state index contributed by atoms with van der Waals surface area (Å²) in [6.07, 6.45) is 5.66. The molecule has 2 atom stereocenters.